The van der Waals surface area contributed by atoms with Crippen LogP contribution in [0.4, 0.5) is 5.69 Å². The van der Waals surface area contributed by atoms with Crippen molar-refractivity contribution in [3.63, 3.8) is 0 Å². The molecule has 2 heterocycles. The average Bonchev–Trinajstić information content (AvgIpc) is 2.46. The van der Waals surface area contributed by atoms with Crippen molar-refractivity contribution in [3.8, 4) is 11.5 Å². The molecule has 5 heteroatoms. The zero-order chi connectivity index (χ0) is 13.1. The molecule has 104 valence electrons. The van der Waals surface area contributed by atoms with Crippen LogP contribution in [0.2, 0.25) is 0 Å². The van der Waals surface area contributed by atoms with Crippen molar-refractivity contribution < 1.29 is 9.47 Å². The van der Waals surface area contributed by atoms with E-state index in [1.807, 2.05) is 12.1 Å². The average molecular weight is 327 g/mol. The lowest BCUT2D eigenvalue weighted by Crippen LogP contribution is -2.31. The number of halogens is 1. The van der Waals surface area contributed by atoms with E-state index in [0.717, 1.165) is 47.2 Å². The van der Waals surface area contributed by atoms with Crippen LogP contribution in [0.1, 0.15) is 12.8 Å². The normalized spacial score (nSPS) is 19.2. The summed E-state index contributed by atoms with van der Waals surface area (Å²) in [7, 11) is 0. The number of hydrogen-bond acceptors (Lipinski definition) is 4. The fourth-order valence-electron chi connectivity index (χ4n) is 2.54. The van der Waals surface area contributed by atoms with Crippen molar-refractivity contribution in [1.29, 1.82) is 0 Å². The van der Waals surface area contributed by atoms with Crippen LogP contribution in [-0.4, -0.2) is 32.8 Å². The largest absolute Gasteiger partial charge is 0.486 e. The molecule has 0 saturated carbocycles. The summed E-state index contributed by atoms with van der Waals surface area (Å²) in [6, 6.07) is 4.01. The molecule has 0 aliphatic carbocycles. The lowest BCUT2D eigenvalue weighted by atomic mass is 9.98. The van der Waals surface area contributed by atoms with E-state index >= 15 is 0 Å². The highest BCUT2D eigenvalue weighted by atomic mass is 79.9. The molecule has 0 radical (unpaired) electrons. The molecule has 0 aromatic heterocycles. The van der Waals surface area contributed by atoms with E-state index in [2.05, 4.69) is 26.6 Å². The Bertz CT molecular complexity index is 447. The number of ether oxygens (including phenoxy) is 2. The van der Waals surface area contributed by atoms with E-state index in [0.29, 0.717) is 13.2 Å². The molecule has 2 aliphatic rings. The predicted octanol–water partition coefficient (Wildman–Crippen LogP) is 2.63. The molecule has 1 aromatic rings. The maximum Gasteiger partial charge on any atom is 0.163 e. The van der Waals surface area contributed by atoms with Gasteiger partial charge in [0.2, 0.25) is 0 Å². The summed E-state index contributed by atoms with van der Waals surface area (Å²) in [5.74, 6) is 2.41. The van der Waals surface area contributed by atoms with Crippen LogP contribution < -0.4 is 20.1 Å². The smallest absolute Gasteiger partial charge is 0.163 e. The first-order valence-corrected chi connectivity index (χ1v) is 7.66. The van der Waals surface area contributed by atoms with Crippen molar-refractivity contribution in [1.82, 2.24) is 5.32 Å². The van der Waals surface area contributed by atoms with Gasteiger partial charge < -0.3 is 20.1 Å². The Morgan fingerprint density at radius 3 is 2.58 bits per heavy atom. The first-order chi connectivity index (χ1) is 9.33. The van der Waals surface area contributed by atoms with E-state index in [4.69, 9.17) is 9.47 Å². The fourth-order valence-corrected chi connectivity index (χ4v) is 3.00. The van der Waals surface area contributed by atoms with E-state index in [-0.39, 0.29) is 0 Å². The maximum atomic E-state index is 5.62. The summed E-state index contributed by atoms with van der Waals surface area (Å²) in [4.78, 5) is 0. The molecule has 1 aromatic carbocycles. The predicted molar refractivity (Wildman–Crippen MR) is 79.2 cm³/mol. The molecular weight excluding hydrogens is 308 g/mol. The molecule has 2 N–H and O–H groups in total. The lowest BCUT2D eigenvalue weighted by Gasteiger charge is -2.24. The summed E-state index contributed by atoms with van der Waals surface area (Å²) < 4.78 is 12.2. The third-order valence-electron chi connectivity index (χ3n) is 3.67. The molecule has 19 heavy (non-hydrogen) atoms. The minimum absolute atomic E-state index is 0.626. The Hall–Kier alpha value is -0.940. The Balaban J connectivity index is 1.66. The van der Waals surface area contributed by atoms with Gasteiger partial charge in [-0.2, -0.15) is 0 Å². The zero-order valence-electron chi connectivity index (χ0n) is 10.9. The van der Waals surface area contributed by atoms with Crippen LogP contribution in [-0.2, 0) is 0 Å². The van der Waals surface area contributed by atoms with Gasteiger partial charge in [-0.05, 0) is 47.8 Å². The van der Waals surface area contributed by atoms with E-state index < -0.39 is 0 Å². The minimum atomic E-state index is 0.626. The highest BCUT2D eigenvalue weighted by Gasteiger charge is 2.16. The van der Waals surface area contributed by atoms with Gasteiger partial charge in [-0.3, -0.25) is 0 Å². The highest BCUT2D eigenvalue weighted by molar-refractivity contribution is 9.10. The van der Waals surface area contributed by atoms with E-state index in [1.54, 1.807) is 0 Å². The van der Waals surface area contributed by atoms with Crippen LogP contribution >= 0.6 is 15.9 Å². The lowest BCUT2D eigenvalue weighted by molar-refractivity contribution is 0.171. The van der Waals surface area contributed by atoms with Gasteiger partial charge in [0, 0.05) is 23.2 Å². The molecule has 3 rings (SSSR count). The van der Waals surface area contributed by atoms with Gasteiger partial charge >= 0.3 is 0 Å². The zero-order valence-corrected chi connectivity index (χ0v) is 12.5. The van der Waals surface area contributed by atoms with Crippen LogP contribution in [0.5, 0.6) is 11.5 Å². The molecule has 0 spiro atoms. The van der Waals surface area contributed by atoms with Crippen molar-refractivity contribution in [2.75, 3.05) is 38.2 Å². The number of hydrogen-bond donors (Lipinski definition) is 2. The molecule has 0 bridgehead atoms. The molecular formula is C14H19BrN2O2. The van der Waals surface area contributed by atoms with E-state index in [9.17, 15) is 0 Å². The third kappa shape index (κ3) is 3.15. The number of rotatable bonds is 3. The van der Waals surface area contributed by atoms with Crippen molar-refractivity contribution in [3.05, 3.63) is 16.6 Å². The monoisotopic (exact) mass is 326 g/mol. The quantitative estimate of drug-likeness (QED) is 0.896. The Kier molecular flexibility index (Phi) is 4.13. The molecule has 4 nitrogen and oxygen atoms in total. The van der Waals surface area contributed by atoms with Crippen molar-refractivity contribution in [2.24, 2.45) is 5.92 Å². The summed E-state index contributed by atoms with van der Waals surface area (Å²) >= 11 is 3.59. The molecule has 2 aliphatic heterocycles. The summed E-state index contributed by atoms with van der Waals surface area (Å²) in [5.41, 5.74) is 1.09. The molecule has 0 unspecified atom stereocenters. The molecule has 0 amide bonds. The third-order valence-corrected chi connectivity index (χ3v) is 4.33. The standard InChI is InChI=1S/C14H19BrN2O2/c15-11-7-13-14(19-6-5-18-13)8-12(11)17-9-10-1-3-16-4-2-10/h7-8,10,16-17H,1-6,9H2. The number of anilines is 1. The summed E-state index contributed by atoms with van der Waals surface area (Å²) in [5, 5.41) is 6.91. The van der Waals surface area contributed by atoms with Crippen LogP contribution in [0.25, 0.3) is 0 Å². The molecule has 1 fully saturated rings. The first kappa shape index (κ1) is 13.1. The Morgan fingerprint density at radius 2 is 1.84 bits per heavy atom. The number of piperidine rings is 1. The van der Waals surface area contributed by atoms with Gasteiger partial charge in [0.05, 0.1) is 5.69 Å². The second-order valence-electron chi connectivity index (χ2n) is 5.05. The van der Waals surface area contributed by atoms with Crippen molar-refractivity contribution in [2.45, 2.75) is 12.8 Å². The molecule has 0 atom stereocenters. The fraction of sp³-hybridized carbons (Fsp3) is 0.571. The van der Waals surface area contributed by atoms with Crippen LogP contribution in [0.3, 0.4) is 0 Å². The first-order valence-electron chi connectivity index (χ1n) is 6.86. The van der Waals surface area contributed by atoms with Gasteiger partial charge in [-0.25, -0.2) is 0 Å². The van der Waals surface area contributed by atoms with E-state index in [1.165, 1.54) is 12.8 Å². The van der Waals surface area contributed by atoms with Crippen molar-refractivity contribution >= 4 is 21.6 Å². The van der Waals surface area contributed by atoms with Crippen LogP contribution in [0, 0.1) is 5.92 Å². The number of fused-ring (bicyclic) bond motifs is 1. The topological polar surface area (TPSA) is 42.5 Å². The van der Waals surface area contributed by atoms with Gasteiger partial charge in [0.1, 0.15) is 13.2 Å². The van der Waals surface area contributed by atoms with Gasteiger partial charge in [0.25, 0.3) is 0 Å². The molecule has 1 saturated heterocycles. The van der Waals surface area contributed by atoms with Gasteiger partial charge in [-0.1, -0.05) is 0 Å². The SMILES string of the molecule is Brc1cc2c(cc1NCC1CCNCC1)OCCO2. The number of benzene rings is 1. The summed E-state index contributed by atoms with van der Waals surface area (Å²) in [6.07, 6.45) is 2.49. The highest BCUT2D eigenvalue weighted by Crippen LogP contribution is 2.38. The Morgan fingerprint density at radius 1 is 1.16 bits per heavy atom. The number of nitrogens with one attached hydrogen (secondary N) is 2. The summed E-state index contributed by atoms with van der Waals surface area (Å²) in [6.45, 7) is 4.53. The van der Waals surface area contributed by atoms with Crippen LogP contribution in [0.15, 0.2) is 16.6 Å². The maximum absolute atomic E-state index is 5.62. The van der Waals surface area contributed by atoms with Gasteiger partial charge in [-0.15, -0.1) is 0 Å². The van der Waals surface area contributed by atoms with Gasteiger partial charge in [0.15, 0.2) is 11.5 Å². The Labute approximate surface area is 122 Å². The second-order valence-corrected chi connectivity index (χ2v) is 5.90. The second kappa shape index (κ2) is 6.01. The minimum Gasteiger partial charge on any atom is -0.486 e.